The molecule has 1 aromatic heterocycles. The number of nitrogens with two attached hydrogens (primary N) is 1. The minimum Gasteiger partial charge on any atom is -0.486 e. The highest BCUT2D eigenvalue weighted by atomic mass is 32.1. The predicted octanol–water partition coefficient (Wildman–Crippen LogP) is 4.10. The summed E-state index contributed by atoms with van der Waals surface area (Å²) in [5.41, 5.74) is 9.32. The van der Waals surface area contributed by atoms with Gasteiger partial charge in [-0.3, -0.25) is 0 Å². The van der Waals surface area contributed by atoms with Gasteiger partial charge in [0.25, 0.3) is 0 Å². The molecule has 0 aliphatic carbocycles. The van der Waals surface area contributed by atoms with Crippen molar-refractivity contribution in [2.24, 2.45) is 5.73 Å². The lowest BCUT2D eigenvalue weighted by atomic mass is 10.0. The lowest BCUT2D eigenvalue weighted by molar-refractivity contribution is 0.303. The predicted molar refractivity (Wildman–Crippen MR) is 89.0 cm³/mol. The van der Waals surface area contributed by atoms with Gasteiger partial charge >= 0.3 is 0 Å². The molecule has 0 radical (unpaired) electrons. The smallest absolute Gasteiger partial charge is 0.140 e. The summed E-state index contributed by atoms with van der Waals surface area (Å²) in [7, 11) is 0. The highest BCUT2D eigenvalue weighted by Gasteiger charge is 2.22. The van der Waals surface area contributed by atoms with Gasteiger partial charge in [-0.25, -0.2) is 4.98 Å². The van der Waals surface area contributed by atoms with Crippen molar-refractivity contribution in [2.75, 3.05) is 0 Å². The maximum atomic E-state index is 6.23. The maximum Gasteiger partial charge on any atom is 0.140 e. The Hall–Kier alpha value is -1.39. The largest absolute Gasteiger partial charge is 0.486 e. The van der Waals surface area contributed by atoms with E-state index in [0.717, 1.165) is 33.3 Å². The number of ether oxygens (including phenoxy) is 1. The van der Waals surface area contributed by atoms with E-state index in [1.165, 1.54) is 5.56 Å². The first-order valence-electron chi connectivity index (χ1n) is 7.29. The Morgan fingerprint density at radius 3 is 2.57 bits per heavy atom. The molecule has 3 nitrogen and oxygen atoms in total. The van der Waals surface area contributed by atoms with E-state index in [0.29, 0.717) is 6.61 Å². The molecule has 2 aromatic rings. The van der Waals surface area contributed by atoms with Crippen LogP contribution in [0.5, 0.6) is 5.75 Å². The van der Waals surface area contributed by atoms with Gasteiger partial charge in [0.2, 0.25) is 0 Å². The van der Waals surface area contributed by atoms with Crippen molar-refractivity contribution in [3.63, 3.8) is 0 Å². The SMILES string of the molecule is CCc1nc(COc2cc(C)ccc2C)sc1C(C)(C)N. The molecule has 21 heavy (non-hydrogen) atoms. The van der Waals surface area contributed by atoms with Crippen molar-refractivity contribution >= 4 is 11.3 Å². The van der Waals surface area contributed by atoms with Gasteiger partial charge < -0.3 is 10.5 Å². The van der Waals surface area contributed by atoms with Crippen LogP contribution in [-0.2, 0) is 18.6 Å². The molecule has 2 N–H and O–H groups in total. The average Bonchev–Trinajstić information content (AvgIpc) is 2.83. The molecule has 0 bridgehead atoms. The minimum atomic E-state index is -0.347. The van der Waals surface area contributed by atoms with Gasteiger partial charge in [0.05, 0.1) is 5.69 Å². The molecule has 0 spiro atoms. The van der Waals surface area contributed by atoms with E-state index in [1.54, 1.807) is 11.3 Å². The van der Waals surface area contributed by atoms with Crippen molar-refractivity contribution in [1.29, 1.82) is 0 Å². The molecule has 0 aliphatic rings. The van der Waals surface area contributed by atoms with E-state index in [-0.39, 0.29) is 5.54 Å². The second-order valence-electron chi connectivity index (χ2n) is 6.02. The molecule has 0 amide bonds. The lowest BCUT2D eigenvalue weighted by Crippen LogP contribution is -2.28. The van der Waals surface area contributed by atoms with Crippen LogP contribution in [0.25, 0.3) is 0 Å². The van der Waals surface area contributed by atoms with Crippen LogP contribution in [0.3, 0.4) is 0 Å². The summed E-state index contributed by atoms with van der Waals surface area (Å²) in [6, 6.07) is 6.24. The summed E-state index contributed by atoms with van der Waals surface area (Å²) in [6.45, 7) is 10.8. The number of hydrogen-bond donors (Lipinski definition) is 1. The van der Waals surface area contributed by atoms with Crippen LogP contribution in [0.2, 0.25) is 0 Å². The van der Waals surface area contributed by atoms with Gasteiger partial charge in [0, 0.05) is 10.4 Å². The van der Waals surface area contributed by atoms with Crippen molar-refractivity contribution in [3.8, 4) is 5.75 Å². The van der Waals surface area contributed by atoms with E-state index in [1.807, 2.05) is 13.8 Å². The first kappa shape index (κ1) is 16.0. The Balaban J connectivity index is 2.17. The van der Waals surface area contributed by atoms with Gasteiger partial charge in [-0.05, 0) is 51.3 Å². The molecule has 0 fully saturated rings. The number of nitrogens with zero attached hydrogens (tertiary/aromatic N) is 1. The fraction of sp³-hybridized carbons (Fsp3) is 0.471. The van der Waals surface area contributed by atoms with Gasteiger partial charge in [-0.1, -0.05) is 19.1 Å². The summed E-state index contributed by atoms with van der Waals surface area (Å²) in [5, 5.41) is 0.987. The summed E-state index contributed by atoms with van der Waals surface area (Å²) >= 11 is 1.66. The van der Waals surface area contributed by atoms with Gasteiger partial charge in [-0.2, -0.15) is 0 Å². The number of rotatable bonds is 5. The zero-order valence-corrected chi connectivity index (χ0v) is 14.3. The highest BCUT2D eigenvalue weighted by Crippen LogP contribution is 2.29. The Kier molecular flexibility index (Phi) is 4.69. The molecule has 0 aliphatic heterocycles. The summed E-state index contributed by atoms with van der Waals surface area (Å²) in [6.07, 6.45) is 0.899. The van der Waals surface area contributed by atoms with Crippen LogP contribution in [0.1, 0.15) is 47.5 Å². The van der Waals surface area contributed by atoms with E-state index in [9.17, 15) is 0 Å². The number of benzene rings is 1. The number of aryl methyl sites for hydroxylation is 3. The standard InChI is InChI=1S/C17H24N2OS/c1-6-13-16(17(4,5)18)21-15(19-13)10-20-14-9-11(2)7-8-12(14)3/h7-9H,6,10,18H2,1-5H3. The molecule has 0 saturated heterocycles. The monoisotopic (exact) mass is 304 g/mol. The van der Waals surface area contributed by atoms with E-state index in [4.69, 9.17) is 10.5 Å². The molecule has 4 heteroatoms. The van der Waals surface area contributed by atoms with E-state index >= 15 is 0 Å². The Morgan fingerprint density at radius 1 is 1.29 bits per heavy atom. The van der Waals surface area contributed by atoms with Crippen molar-refractivity contribution < 1.29 is 4.74 Å². The number of aromatic nitrogens is 1. The molecule has 1 heterocycles. The van der Waals surface area contributed by atoms with E-state index in [2.05, 4.69) is 44.0 Å². The second-order valence-corrected chi connectivity index (χ2v) is 7.10. The lowest BCUT2D eigenvalue weighted by Gasteiger charge is -2.17. The summed E-state index contributed by atoms with van der Waals surface area (Å²) in [5.74, 6) is 0.928. The molecule has 114 valence electrons. The van der Waals surface area contributed by atoms with Crippen molar-refractivity contribution in [1.82, 2.24) is 4.98 Å². The van der Waals surface area contributed by atoms with Crippen molar-refractivity contribution in [2.45, 2.75) is 53.2 Å². The van der Waals surface area contributed by atoms with Gasteiger partial charge in [-0.15, -0.1) is 11.3 Å². The molecular formula is C17H24N2OS. The van der Waals surface area contributed by atoms with Crippen LogP contribution in [0, 0.1) is 13.8 Å². The minimum absolute atomic E-state index is 0.347. The van der Waals surface area contributed by atoms with Crippen LogP contribution in [0.15, 0.2) is 18.2 Å². The highest BCUT2D eigenvalue weighted by molar-refractivity contribution is 7.11. The normalized spacial score (nSPS) is 11.7. The van der Waals surface area contributed by atoms with Crippen molar-refractivity contribution in [3.05, 3.63) is 44.9 Å². The van der Waals surface area contributed by atoms with Crippen LogP contribution in [-0.4, -0.2) is 4.98 Å². The Morgan fingerprint density at radius 2 is 2.00 bits per heavy atom. The maximum absolute atomic E-state index is 6.23. The molecule has 0 unspecified atom stereocenters. The third kappa shape index (κ3) is 3.83. The summed E-state index contributed by atoms with van der Waals surface area (Å²) in [4.78, 5) is 5.83. The average molecular weight is 304 g/mol. The Labute approximate surface area is 131 Å². The topological polar surface area (TPSA) is 48.1 Å². The Bertz CT molecular complexity index is 626. The second kappa shape index (κ2) is 6.16. The third-order valence-electron chi connectivity index (χ3n) is 3.36. The molecule has 0 saturated carbocycles. The van der Waals surface area contributed by atoms with Crippen LogP contribution in [0.4, 0.5) is 0 Å². The quantitative estimate of drug-likeness (QED) is 0.905. The third-order valence-corrected chi connectivity index (χ3v) is 4.77. The van der Waals surface area contributed by atoms with Crippen LogP contribution >= 0.6 is 11.3 Å². The van der Waals surface area contributed by atoms with Crippen LogP contribution < -0.4 is 10.5 Å². The zero-order chi connectivity index (χ0) is 15.6. The van der Waals surface area contributed by atoms with Gasteiger partial charge in [0.1, 0.15) is 17.4 Å². The fourth-order valence-electron chi connectivity index (χ4n) is 2.21. The first-order valence-corrected chi connectivity index (χ1v) is 8.11. The van der Waals surface area contributed by atoms with Gasteiger partial charge in [0.15, 0.2) is 0 Å². The van der Waals surface area contributed by atoms with E-state index < -0.39 is 0 Å². The summed E-state index contributed by atoms with van der Waals surface area (Å²) < 4.78 is 5.94. The fourth-order valence-corrected chi connectivity index (χ4v) is 3.29. The number of hydrogen-bond acceptors (Lipinski definition) is 4. The molecule has 1 aromatic carbocycles. The molecular weight excluding hydrogens is 280 g/mol. The zero-order valence-electron chi connectivity index (χ0n) is 13.5. The molecule has 0 atom stereocenters. The molecule has 2 rings (SSSR count). The first-order chi connectivity index (χ1) is 9.81. The number of thiazole rings is 1.